The molecule has 0 aromatic heterocycles. The lowest BCUT2D eigenvalue weighted by Gasteiger charge is -2.08. The fraction of sp³-hybridized carbons (Fsp3) is 0.926. The van der Waals surface area contributed by atoms with Crippen molar-refractivity contribution < 1.29 is 14.9 Å². The zero-order chi connectivity index (χ0) is 22.0. The molecule has 0 aliphatic rings. The van der Waals surface area contributed by atoms with Crippen LogP contribution < -0.4 is 0 Å². The van der Waals surface area contributed by atoms with Gasteiger partial charge < -0.3 is 14.9 Å². The zero-order valence-corrected chi connectivity index (χ0v) is 20.3. The molecule has 0 bridgehead atoms. The molecule has 0 aliphatic heterocycles. The second kappa shape index (κ2) is 26.7. The van der Waals surface area contributed by atoms with E-state index in [0.717, 1.165) is 6.42 Å². The van der Waals surface area contributed by atoms with Gasteiger partial charge in [0.25, 0.3) is 0 Å². The largest absolute Gasteiger partial charge is 0.394 e. The van der Waals surface area contributed by atoms with E-state index in [4.69, 9.17) is 14.9 Å². The summed E-state index contributed by atoms with van der Waals surface area (Å²) in [6, 6.07) is 0. The molecule has 30 heavy (non-hydrogen) atoms. The molecule has 0 fully saturated rings. The molecule has 0 saturated carbocycles. The third-order valence-electron chi connectivity index (χ3n) is 5.82. The van der Waals surface area contributed by atoms with Crippen LogP contribution in [0.1, 0.15) is 135 Å². The van der Waals surface area contributed by atoms with Gasteiger partial charge in [0.2, 0.25) is 0 Å². The summed E-state index contributed by atoms with van der Waals surface area (Å²) < 4.78 is 5.32. The molecule has 1 atom stereocenters. The van der Waals surface area contributed by atoms with Crippen molar-refractivity contribution in [1.29, 1.82) is 0 Å². The van der Waals surface area contributed by atoms with Crippen LogP contribution in [0.25, 0.3) is 0 Å². The molecular weight excluding hydrogens is 372 g/mol. The van der Waals surface area contributed by atoms with Crippen molar-refractivity contribution >= 4 is 0 Å². The van der Waals surface area contributed by atoms with Crippen LogP contribution >= 0.6 is 0 Å². The van der Waals surface area contributed by atoms with Crippen LogP contribution in [0.5, 0.6) is 0 Å². The van der Waals surface area contributed by atoms with Gasteiger partial charge in [-0.15, -0.1) is 0 Å². The third-order valence-corrected chi connectivity index (χ3v) is 5.82. The van der Waals surface area contributed by atoms with Crippen LogP contribution in [0, 0.1) is 0 Å². The molecule has 0 amide bonds. The van der Waals surface area contributed by atoms with Gasteiger partial charge in [0.15, 0.2) is 0 Å². The summed E-state index contributed by atoms with van der Waals surface area (Å²) in [5.74, 6) is 0. The minimum atomic E-state index is -0.720. The van der Waals surface area contributed by atoms with Crippen LogP contribution in [0.3, 0.4) is 0 Å². The topological polar surface area (TPSA) is 49.7 Å². The van der Waals surface area contributed by atoms with Gasteiger partial charge in [-0.25, -0.2) is 0 Å². The van der Waals surface area contributed by atoms with Crippen molar-refractivity contribution in [3.05, 3.63) is 12.2 Å². The lowest BCUT2D eigenvalue weighted by atomic mass is 10.0. The first-order valence-electron chi connectivity index (χ1n) is 13.3. The first-order chi connectivity index (χ1) is 14.8. The second-order valence-corrected chi connectivity index (χ2v) is 8.97. The fourth-order valence-corrected chi connectivity index (χ4v) is 3.78. The number of hydrogen-bond acceptors (Lipinski definition) is 3. The van der Waals surface area contributed by atoms with E-state index in [1.807, 2.05) is 0 Å². The molecule has 2 N–H and O–H groups in total. The molecule has 0 rings (SSSR count). The highest BCUT2D eigenvalue weighted by Crippen LogP contribution is 2.13. The number of aliphatic hydroxyl groups excluding tert-OH is 2. The molecular formula is C27H54O3. The van der Waals surface area contributed by atoms with E-state index in [1.165, 1.54) is 122 Å². The van der Waals surface area contributed by atoms with Crippen molar-refractivity contribution in [2.75, 3.05) is 19.8 Å². The number of rotatable bonds is 25. The highest BCUT2D eigenvalue weighted by atomic mass is 16.5. The number of ether oxygens (including phenoxy) is 1. The molecule has 0 aliphatic carbocycles. The van der Waals surface area contributed by atoms with Crippen LogP contribution in [0.2, 0.25) is 0 Å². The number of hydrogen-bond donors (Lipinski definition) is 2. The Balaban J connectivity index is 3.06. The van der Waals surface area contributed by atoms with Crippen molar-refractivity contribution in [3.63, 3.8) is 0 Å². The average molecular weight is 427 g/mol. The Morgan fingerprint density at radius 2 is 1.00 bits per heavy atom. The number of unbranched alkanes of at least 4 members (excludes halogenated alkanes) is 18. The van der Waals surface area contributed by atoms with E-state index in [0.29, 0.717) is 6.61 Å². The van der Waals surface area contributed by atoms with Gasteiger partial charge in [-0.2, -0.15) is 0 Å². The average Bonchev–Trinajstić information content (AvgIpc) is 2.76. The molecule has 0 saturated heterocycles. The van der Waals surface area contributed by atoms with E-state index >= 15 is 0 Å². The highest BCUT2D eigenvalue weighted by molar-refractivity contribution is 4.81. The first-order valence-corrected chi connectivity index (χ1v) is 13.3. The second-order valence-electron chi connectivity index (χ2n) is 8.97. The van der Waals surface area contributed by atoms with Crippen LogP contribution in [0.15, 0.2) is 12.2 Å². The minimum Gasteiger partial charge on any atom is -0.394 e. The highest BCUT2D eigenvalue weighted by Gasteiger charge is 2.00. The molecule has 0 aromatic rings. The Bertz CT molecular complexity index is 330. The maximum atomic E-state index is 9.16. The summed E-state index contributed by atoms with van der Waals surface area (Å²) in [5.41, 5.74) is 0. The predicted octanol–water partition coefficient (Wildman–Crippen LogP) is 7.73. The van der Waals surface area contributed by atoms with Crippen molar-refractivity contribution in [3.8, 4) is 0 Å². The lowest BCUT2D eigenvalue weighted by Crippen LogP contribution is -2.19. The normalized spacial score (nSPS) is 12.8. The van der Waals surface area contributed by atoms with Gasteiger partial charge in [-0.05, 0) is 32.1 Å². The van der Waals surface area contributed by atoms with Crippen molar-refractivity contribution in [2.24, 2.45) is 0 Å². The summed E-state index contributed by atoms with van der Waals surface area (Å²) in [5, 5.41) is 17.8. The first kappa shape index (κ1) is 29.6. The Hall–Kier alpha value is -0.380. The molecule has 0 spiro atoms. The van der Waals surface area contributed by atoms with Crippen LogP contribution in [-0.4, -0.2) is 36.1 Å². The van der Waals surface area contributed by atoms with E-state index in [9.17, 15) is 0 Å². The standard InChI is InChI=1S/C27H54O3/c1-2-3-4-5-6-7-8-9-10-11-12-13-14-15-16-17-18-19-20-21-22-23-24-30-26-27(29)25-28/h7-8,27-29H,2-6,9-26H2,1H3. The molecule has 3 nitrogen and oxygen atoms in total. The van der Waals surface area contributed by atoms with E-state index in [-0.39, 0.29) is 13.2 Å². The minimum absolute atomic E-state index is 0.211. The smallest absolute Gasteiger partial charge is 0.100 e. The van der Waals surface area contributed by atoms with E-state index < -0.39 is 6.10 Å². The van der Waals surface area contributed by atoms with Gasteiger partial charge in [0.05, 0.1) is 13.2 Å². The summed E-state index contributed by atoms with van der Waals surface area (Å²) in [6.45, 7) is 3.02. The van der Waals surface area contributed by atoms with Crippen LogP contribution in [-0.2, 0) is 4.74 Å². The molecule has 180 valence electrons. The Morgan fingerprint density at radius 1 is 0.600 bits per heavy atom. The maximum absolute atomic E-state index is 9.16. The molecule has 1 unspecified atom stereocenters. The summed E-state index contributed by atoms with van der Waals surface area (Å²) in [4.78, 5) is 0. The number of aliphatic hydroxyl groups is 2. The van der Waals surface area contributed by atoms with Gasteiger partial charge in [0, 0.05) is 6.61 Å². The van der Waals surface area contributed by atoms with Gasteiger partial charge in [-0.3, -0.25) is 0 Å². The Labute approximate surface area is 188 Å². The Morgan fingerprint density at radius 3 is 1.43 bits per heavy atom. The third kappa shape index (κ3) is 25.7. The van der Waals surface area contributed by atoms with Crippen molar-refractivity contribution in [2.45, 2.75) is 141 Å². The fourth-order valence-electron chi connectivity index (χ4n) is 3.78. The maximum Gasteiger partial charge on any atom is 0.100 e. The summed E-state index contributed by atoms with van der Waals surface area (Å²) in [7, 11) is 0. The van der Waals surface area contributed by atoms with Gasteiger partial charge in [0.1, 0.15) is 6.10 Å². The lowest BCUT2D eigenvalue weighted by molar-refractivity contribution is 0.00526. The summed E-state index contributed by atoms with van der Waals surface area (Å²) in [6.07, 6.45) is 31.2. The predicted molar refractivity (Wildman–Crippen MR) is 131 cm³/mol. The van der Waals surface area contributed by atoms with Gasteiger partial charge >= 0.3 is 0 Å². The number of allylic oxidation sites excluding steroid dienone is 2. The molecule has 0 radical (unpaired) electrons. The summed E-state index contributed by atoms with van der Waals surface area (Å²) >= 11 is 0. The molecule has 0 aromatic carbocycles. The van der Waals surface area contributed by atoms with Gasteiger partial charge in [-0.1, -0.05) is 115 Å². The monoisotopic (exact) mass is 426 g/mol. The quantitative estimate of drug-likeness (QED) is 0.116. The van der Waals surface area contributed by atoms with Crippen molar-refractivity contribution in [1.82, 2.24) is 0 Å². The zero-order valence-electron chi connectivity index (χ0n) is 20.3. The molecule has 0 heterocycles. The van der Waals surface area contributed by atoms with Crippen LogP contribution in [0.4, 0.5) is 0 Å². The molecule has 3 heteroatoms. The van der Waals surface area contributed by atoms with E-state index in [2.05, 4.69) is 19.1 Å². The Kier molecular flexibility index (Phi) is 26.3. The SMILES string of the molecule is CCCCCCC=CCCCCCCCCCCCCCCCCOCC(O)CO. The van der Waals surface area contributed by atoms with E-state index in [1.54, 1.807) is 0 Å².